The second kappa shape index (κ2) is 13.2. The summed E-state index contributed by atoms with van der Waals surface area (Å²) in [5.41, 5.74) is 1.31. The van der Waals surface area contributed by atoms with Gasteiger partial charge in [-0.05, 0) is 36.5 Å². The number of nitrogens with zero attached hydrogens (tertiary/aromatic N) is 2. The van der Waals surface area contributed by atoms with Crippen molar-refractivity contribution in [2.24, 2.45) is 5.92 Å². The highest BCUT2D eigenvalue weighted by Gasteiger charge is 2.34. The number of carbonyl (C=O) groups is 2. The van der Waals surface area contributed by atoms with E-state index >= 15 is 0 Å². The van der Waals surface area contributed by atoms with Crippen LogP contribution in [0.5, 0.6) is 0 Å². The molecule has 2 heterocycles. The molecule has 1 unspecified atom stereocenters. The molecule has 6 nitrogen and oxygen atoms in total. The molecule has 1 aromatic carbocycles. The maximum atomic E-state index is 13.6. The van der Waals surface area contributed by atoms with Gasteiger partial charge in [0.25, 0.3) is 0 Å². The number of nitrogens with one attached hydrogen (secondary N) is 2. The summed E-state index contributed by atoms with van der Waals surface area (Å²) in [6, 6.07) is 10.1. The molecule has 0 aromatic heterocycles. The molecular formula is C26H40N4O2S2. The molecule has 2 amide bonds. The van der Waals surface area contributed by atoms with E-state index in [1.165, 1.54) is 37.7 Å². The van der Waals surface area contributed by atoms with Crippen molar-refractivity contribution in [2.75, 3.05) is 43.3 Å². The van der Waals surface area contributed by atoms with Crippen molar-refractivity contribution in [1.82, 2.24) is 20.4 Å². The molecule has 0 bridgehead atoms. The first-order chi connectivity index (χ1) is 16.6. The van der Waals surface area contributed by atoms with Gasteiger partial charge in [-0.3, -0.25) is 19.8 Å². The number of benzene rings is 1. The number of hydrogen-bond acceptors (Lipinski definition) is 6. The fourth-order valence-corrected chi connectivity index (χ4v) is 7.46. The Kier molecular flexibility index (Phi) is 10.0. The Morgan fingerprint density at radius 3 is 2.74 bits per heavy atom. The van der Waals surface area contributed by atoms with Crippen LogP contribution in [0.15, 0.2) is 30.3 Å². The van der Waals surface area contributed by atoms with Crippen molar-refractivity contribution >= 4 is 35.3 Å². The standard InChI is InChI=1S/C26H40N4O2S2/c1-29(22-12-13-30(15-22)14-20-8-4-2-5-9-20)26(32)24(28-25(31)23-17-34-19-27-23)18-33-16-21-10-6-3-7-11-21/h2,4-5,8-9,21-24,27H,3,6-7,10-19H2,1H3,(H,28,31)/t22?,23-,24-/m0/s1. The van der Waals surface area contributed by atoms with Gasteiger partial charge in [0, 0.05) is 50.1 Å². The molecule has 0 spiro atoms. The van der Waals surface area contributed by atoms with Gasteiger partial charge < -0.3 is 10.2 Å². The summed E-state index contributed by atoms with van der Waals surface area (Å²) in [5.74, 6) is 4.10. The van der Waals surface area contributed by atoms with Crippen LogP contribution >= 0.6 is 23.5 Å². The van der Waals surface area contributed by atoms with E-state index in [4.69, 9.17) is 0 Å². The summed E-state index contributed by atoms with van der Waals surface area (Å²) in [6.45, 7) is 2.80. The number of likely N-dealkylation sites (N-methyl/N-ethyl adjacent to an activating group) is 1. The summed E-state index contributed by atoms with van der Waals surface area (Å²) in [6.07, 6.45) is 7.61. The molecule has 1 saturated carbocycles. The molecule has 34 heavy (non-hydrogen) atoms. The van der Waals surface area contributed by atoms with Crippen molar-refractivity contribution in [2.45, 2.75) is 63.2 Å². The van der Waals surface area contributed by atoms with E-state index in [9.17, 15) is 9.59 Å². The summed E-state index contributed by atoms with van der Waals surface area (Å²) in [7, 11) is 1.92. The summed E-state index contributed by atoms with van der Waals surface area (Å²) in [5, 5.41) is 6.35. The number of carbonyl (C=O) groups excluding carboxylic acids is 2. The van der Waals surface area contributed by atoms with E-state index in [0.717, 1.165) is 49.4 Å². The first-order valence-corrected chi connectivity index (χ1v) is 15.1. The van der Waals surface area contributed by atoms with Crippen LogP contribution in [-0.2, 0) is 16.1 Å². The molecule has 4 rings (SSSR count). The van der Waals surface area contributed by atoms with Crippen molar-refractivity contribution in [3.05, 3.63) is 35.9 Å². The molecule has 1 aromatic rings. The van der Waals surface area contributed by atoms with Gasteiger partial charge in [0.2, 0.25) is 11.8 Å². The molecule has 3 fully saturated rings. The smallest absolute Gasteiger partial charge is 0.246 e. The first kappa shape index (κ1) is 25.9. The zero-order valence-corrected chi connectivity index (χ0v) is 22.0. The third kappa shape index (κ3) is 7.39. The summed E-state index contributed by atoms with van der Waals surface area (Å²) in [4.78, 5) is 30.8. The zero-order valence-electron chi connectivity index (χ0n) is 20.4. The third-order valence-corrected chi connectivity index (χ3v) is 9.62. The summed E-state index contributed by atoms with van der Waals surface area (Å²) >= 11 is 3.58. The molecule has 0 radical (unpaired) electrons. The Labute approximate surface area is 213 Å². The predicted octanol–water partition coefficient (Wildman–Crippen LogP) is 3.18. The highest BCUT2D eigenvalue weighted by molar-refractivity contribution is 7.99. The molecular weight excluding hydrogens is 464 g/mol. The fraction of sp³-hybridized carbons (Fsp3) is 0.692. The Balaban J connectivity index is 1.32. The van der Waals surface area contributed by atoms with Crippen LogP contribution in [0.3, 0.4) is 0 Å². The van der Waals surface area contributed by atoms with Gasteiger partial charge in [-0.2, -0.15) is 11.8 Å². The maximum absolute atomic E-state index is 13.6. The zero-order chi connectivity index (χ0) is 23.8. The molecule has 188 valence electrons. The minimum atomic E-state index is -0.457. The molecule has 2 N–H and O–H groups in total. The van der Waals surface area contributed by atoms with Crippen LogP contribution in [0, 0.1) is 5.92 Å². The van der Waals surface area contributed by atoms with Crippen LogP contribution in [0.1, 0.15) is 44.1 Å². The van der Waals surface area contributed by atoms with E-state index in [0.29, 0.717) is 5.75 Å². The summed E-state index contributed by atoms with van der Waals surface area (Å²) < 4.78 is 0. The van der Waals surface area contributed by atoms with Crippen molar-refractivity contribution in [1.29, 1.82) is 0 Å². The van der Waals surface area contributed by atoms with E-state index < -0.39 is 6.04 Å². The van der Waals surface area contributed by atoms with E-state index in [2.05, 4.69) is 39.8 Å². The molecule has 3 atom stereocenters. The first-order valence-electron chi connectivity index (χ1n) is 12.8. The van der Waals surface area contributed by atoms with Gasteiger partial charge in [0.15, 0.2) is 0 Å². The largest absolute Gasteiger partial charge is 0.342 e. The highest BCUT2D eigenvalue weighted by atomic mass is 32.2. The van der Waals surface area contributed by atoms with Gasteiger partial charge in [-0.1, -0.05) is 49.6 Å². The van der Waals surface area contributed by atoms with Gasteiger partial charge in [-0.25, -0.2) is 0 Å². The number of likely N-dealkylation sites (tertiary alicyclic amines) is 1. The Morgan fingerprint density at radius 1 is 1.21 bits per heavy atom. The average Bonchev–Trinajstić information content (AvgIpc) is 3.57. The van der Waals surface area contributed by atoms with Gasteiger partial charge in [-0.15, -0.1) is 11.8 Å². The lowest BCUT2D eigenvalue weighted by molar-refractivity contribution is -0.136. The van der Waals surface area contributed by atoms with Crippen molar-refractivity contribution in [3.63, 3.8) is 0 Å². The minimum Gasteiger partial charge on any atom is -0.342 e. The maximum Gasteiger partial charge on any atom is 0.246 e. The highest BCUT2D eigenvalue weighted by Crippen LogP contribution is 2.27. The number of thioether (sulfide) groups is 2. The van der Waals surface area contributed by atoms with E-state index in [1.807, 2.05) is 29.8 Å². The second-order valence-electron chi connectivity index (χ2n) is 9.99. The van der Waals surface area contributed by atoms with Crippen molar-refractivity contribution < 1.29 is 9.59 Å². The Hall–Kier alpha value is -1.22. The van der Waals surface area contributed by atoms with Gasteiger partial charge in [0.1, 0.15) is 6.04 Å². The van der Waals surface area contributed by atoms with E-state index in [-0.39, 0.29) is 23.9 Å². The topological polar surface area (TPSA) is 64.7 Å². The van der Waals surface area contributed by atoms with Crippen LogP contribution < -0.4 is 10.6 Å². The van der Waals surface area contributed by atoms with E-state index in [1.54, 1.807) is 11.8 Å². The third-order valence-electron chi connectivity index (χ3n) is 7.40. The number of amides is 2. The fourth-order valence-electron chi connectivity index (χ4n) is 5.26. The van der Waals surface area contributed by atoms with Crippen molar-refractivity contribution in [3.8, 4) is 0 Å². The normalized spacial score (nSPS) is 24.7. The van der Waals surface area contributed by atoms with Gasteiger partial charge in [0.05, 0.1) is 6.04 Å². The van der Waals surface area contributed by atoms with Gasteiger partial charge >= 0.3 is 0 Å². The number of hydrogen-bond donors (Lipinski definition) is 2. The predicted molar refractivity (Wildman–Crippen MR) is 143 cm³/mol. The molecule has 8 heteroatoms. The number of rotatable bonds is 10. The molecule has 1 aliphatic carbocycles. The van der Waals surface area contributed by atoms with Crippen LogP contribution in [0.25, 0.3) is 0 Å². The SMILES string of the molecule is CN(C(=O)[C@H](CSCC1CCCCC1)NC(=O)[C@@H]1CSCN1)C1CCN(Cc2ccccc2)C1. The monoisotopic (exact) mass is 504 g/mol. The lowest BCUT2D eigenvalue weighted by Crippen LogP contribution is -2.55. The minimum absolute atomic E-state index is 0.0351. The average molecular weight is 505 g/mol. The lowest BCUT2D eigenvalue weighted by atomic mass is 9.91. The quantitative estimate of drug-likeness (QED) is 0.510. The molecule has 2 saturated heterocycles. The molecule has 2 aliphatic heterocycles. The lowest BCUT2D eigenvalue weighted by Gasteiger charge is -2.30. The Bertz CT molecular complexity index is 784. The van der Waals surface area contributed by atoms with Crippen LogP contribution in [0.2, 0.25) is 0 Å². The van der Waals surface area contributed by atoms with Crippen LogP contribution in [0.4, 0.5) is 0 Å². The molecule has 3 aliphatic rings. The van der Waals surface area contributed by atoms with Crippen LogP contribution in [-0.4, -0.2) is 83.0 Å². The Morgan fingerprint density at radius 2 is 2.00 bits per heavy atom. The second-order valence-corrected chi connectivity index (χ2v) is 12.1.